The van der Waals surface area contributed by atoms with Gasteiger partial charge in [0, 0.05) is 0 Å². The highest BCUT2D eigenvalue weighted by Gasteiger charge is 2.21. The van der Waals surface area contributed by atoms with Gasteiger partial charge in [0.25, 0.3) is 0 Å². The molecule has 0 saturated heterocycles. The van der Waals surface area contributed by atoms with Crippen molar-refractivity contribution in [3.8, 4) is 0 Å². The van der Waals surface area contributed by atoms with E-state index < -0.39 is 0 Å². The molecule has 0 rings (SSSR count). The van der Waals surface area contributed by atoms with E-state index in [9.17, 15) is 0 Å². The van der Waals surface area contributed by atoms with Gasteiger partial charge in [-0.15, -0.1) is 0 Å². The monoisotopic (exact) mass is 1040 g/mol. The van der Waals surface area contributed by atoms with E-state index in [1.165, 1.54) is 398 Å². The molecule has 0 amide bonds. The molecule has 0 bridgehead atoms. The van der Waals surface area contributed by atoms with Crippen LogP contribution in [0.5, 0.6) is 0 Å². The van der Waals surface area contributed by atoms with E-state index in [0.717, 1.165) is 17.8 Å². The molecular formula is C74H150. The fraction of sp³-hybridized carbons (Fsp3) is 1.00. The minimum atomic E-state index is 0.888. The maximum Gasteiger partial charge on any atom is -0.0386 e. The van der Waals surface area contributed by atoms with E-state index in [1.807, 2.05) is 0 Å². The highest BCUT2D eigenvalue weighted by Crippen LogP contribution is 2.34. The van der Waals surface area contributed by atoms with Crippen molar-refractivity contribution in [2.24, 2.45) is 17.8 Å². The third kappa shape index (κ3) is 62.8. The van der Waals surface area contributed by atoms with Crippen LogP contribution < -0.4 is 0 Å². The minimum Gasteiger partial charge on any atom is -0.0654 e. The Labute approximate surface area is 473 Å². The smallest absolute Gasteiger partial charge is 0.0386 e. The van der Waals surface area contributed by atoms with Gasteiger partial charge in [-0.25, -0.2) is 0 Å². The second-order valence-electron chi connectivity index (χ2n) is 26.4. The van der Waals surface area contributed by atoms with Gasteiger partial charge in [-0.2, -0.15) is 0 Å². The summed E-state index contributed by atoms with van der Waals surface area (Å²) in [6.07, 6.45) is 98.3. The first-order valence-corrected chi connectivity index (χ1v) is 36.7. The molecule has 0 radical (unpaired) electrons. The summed E-state index contributed by atoms with van der Waals surface area (Å²) in [5.74, 6) is 2.92. The summed E-state index contributed by atoms with van der Waals surface area (Å²) in [6.45, 7) is 11.8. The van der Waals surface area contributed by atoms with E-state index in [0.29, 0.717) is 0 Å². The number of unbranched alkanes of at least 4 members (excludes halogenated alkanes) is 57. The van der Waals surface area contributed by atoms with Crippen molar-refractivity contribution >= 4 is 0 Å². The van der Waals surface area contributed by atoms with Crippen molar-refractivity contribution in [1.82, 2.24) is 0 Å². The Balaban J connectivity index is 4.90. The maximum atomic E-state index is 2.38. The normalized spacial score (nSPS) is 12.7. The molecule has 74 heavy (non-hydrogen) atoms. The van der Waals surface area contributed by atoms with Crippen LogP contribution in [0, 0.1) is 17.8 Å². The average molecular weight is 1040 g/mol. The highest BCUT2D eigenvalue weighted by molar-refractivity contribution is 4.73. The summed E-state index contributed by atoms with van der Waals surface area (Å²) in [5, 5.41) is 0. The molecule has 2 unspecified atom stereocenters. The predicted octanol–water partition coefficient (Wildman–Crippen LogP) is 28.7. The Bertz CT molecular complexity index is 932. The molecule has 0 aliphatic carbocycles. The van der Waals surface area contributed by atoms with Crippen molar-refractivity contribution in [2.75, 3.05) is 0 Å². The van der Waals surface area contributed by atoms with Gasteiger partial charge in [-0.1, -0.05) is 458 Å². The Morgan fingerprint density at radius 3 is 0.365 bits per heavy atom. The van der Waals surface area contributed by atoms with Gasteiger partial charge in [-0.3, -0.25) is 0 Å². The lowest BCUT2D eigenvalue weighted by Gasteiger charge is -2.28. The van der Waals surface area contributed by atoms with E-state index in [4.69, 9.17) is 0 Å². The van der Waals surface area contributed by atoms with Crippen LogP contribution in [-0.2, 0) is 0 Å². The summed E-state index contributed by atoms with van der Waals surface area (Å²) in [4.78, 5) is 0. The molecular weight excluding hydrogens is 889 g/mol. The van der Waals surface area contributed by atoms with Crippen LogP contribution in [0.4, 0.5) is 0 Å². The van der Waals surface area contributed by atoms with Crippen LogP contribution in [0.2, 0.25) is 0 Å². The van der Waals surface area contributed by atoms with Gasteiger partial charge in [0.1, 0.15) is 0 Å². The van der Waals surface area contributed by atoms with Crippen molar-refractivity contribution in [3.05, 3.63) is 0 Å². The van der Waals surface area contributed by atoms with Gasteiger partial charge in [0.2, 0.25) is 0 Å². The fourth-order valence-electron chi connectivity index (χ4n) is 13.0. The first-order chi connectivity index (χ1) is 36.7. The van der Waals surface area contributed by atoms with Crippen molar-refractivity contribution in [3.63, 3.8) is 0 Å². The van der Waals surface area contributed by atoms with Crippen LogP contribution in [-0.4, -0.2) is 0 Å². The SMILES string of the molecule is CCCCCCCCCCCCCCCCCCCCC(CCCCCCCCCCCCCCCC(C)C)C(CCCCCCCCCCCCCCCC)CCCCCCCCCCCCCCCCCC. The molecule has 0 N–H and O–H groups in total. The third-order valence-electron chi connectivity index (χ3n) is 18.3. The lowest BCUT2D eigenvalue weighted by molar-refractivity contribution is 0.236. The topological polar surface area (TPSA) is 0 Å². The molecule has 2 atom stereocenters. The average Bonchev–Trinajstić information content (AvgIpc) is 3.40. The van der Waals surface area contributed by atoms with E-state index in [1.54, 1.807) is 25.7 Å². The van der Waals surface area contributed by atoms with Gasteiger partial charge < -0.3 is 0 Å². The molecule has 446 valence electrons. The predicted molar refractivity (Wildman–Crippen MR) is 344 cm³/mol. The van der Waals surface area contributed by atoms with E-state index >= 15 is 0 Å². The van der Waals surface area contributed by atoms with Gasteiger partial charge >= 0.3 is 0 Å². The first kappa shape index (κ1) is 74.0. The Morgan fingerprint density at radius 2 is 0.243 bits per heavy atom. The molecule has 0 aromatic heterocycles. The van der Waals surface area contributed by atoms with Crippen molar-refractivity contribution in [1.29, 1.82) is 0 Å². The zero-order valence-corrected chi connectivity index (χ0v) is 53.4. The molecule has 0 nitrogen and oxygen atoms in total. The summed E-state index contributed by atoms with van der Waals surface area (Å²) >= 11 is 0. The second-order valence-corrected chi connectivity index (χ2v) is 26.4. The van der Waals surface area contributed by atoms with Crippen LogP contribution in [0.1, 0.15) is 458 Å². The molecule has 0 heteroatoms. The lowest BCUT2D eigenvalue weighted by atomic mass is 9.78. The van der Waals surface area contributed by atoms with Gasteiger partial charge in [0.15, 0.2) is 0 Å². The second kappa shape index (κ2) is 67.3. The van der Waals surface area contributed by atoms with Gasteiger partial charge in [-0.05, 0) is 17.8 Å². The van der Waals surface area contributed by atoms with E-state index in [-0.39, 0.29) is 0 Å². The maximum absolute atomic E-state index is 2.38. The van der Waals surface area contributed by atoms with Crippen LogP contribution in [0.3, 0.4) is 0 Å². The van der Waals surface area contributed by atoms with Crippen LogP contribution in [0.15, 0.2) is 0 Å². The molecule has 0 saturated carbocycles. The minimum absolute atomic E-state index is 0.888. The van der Waals surface area contributed by atoms with Crippen LogP contribution >= 0.6 is 0 Å². The largest absolute Gasteiger partial charge is 0.0654 e. The third-order valence-corrected chi connectivity index (χ3v) is 18.3. The lowest BCUT2D eigenvalue weighted by Crippen LogP contribution is -2.16. The fourth-order valence-corrected chi connectivity index (χ4v) is 13.0. The number of hydrogen-bond donors (Lipinski definition) is 0. The Kier molecular flexibility index (Phi) is 67.3. The number of hydrogen-bond acceptors (Lipinski definition) is 0. The molecule has 0 fully saturated rings. The van der Waals surface area contributed by atoms with Gasteiger partial charge in [0.05, 0.1) is 0 Å². The summed E-state index contributed by atoms with van der Waals surface area (Å²) in [6, 6.07) is 0. The Hall–Kier alpha value is 0. The van der Waals surface area contributed by atoms with Crippen LogP contribution in [0.25, 0.3) is 0 Å². The summed E-state index contributed by atoms with van der Waals surface area (Å²) in [5.41, 5.74) is 0. The summed E-state index contributed by atoms with van der Waals surface area (Å²) in [7, 11) is 0. The molecule has 0 aliphatic heterocycles. The molecule has 0 aromatic rings. The number of rotatable bonds is 68. The molecule has 0 aromatic carbocycles. The zero-order valence-electron chi connectivity index (χ0n) is 53.4. The van der Waals surface area contributed by atoms with Crippen molar-refractivity contribution < 1.29 is 0 Å². The summed E-state index contributed by atoms with van der Waals surface area (Å²) < 4.78 is 0. The van der Waals surface area contributed by atoms with E-state index in [2.05, 4.69) is 34.6 Å². The van der Waals surface area contributed by atoms with Crippen molar-refractivity contribution in [2.45, 2.75) is 458 Å². The molecule has 0 aliphatic rings. The standard InChI is InChI=1S/C74H150/c1-6-9-12-15-18-21-24-27-30-32-33-35-40-45-50-55-60-65-70-74(71-66-61-56-51-46-41-36-37-42-47-52-57-62-67-72(4)5)73(68-63-58-53-48-43-38-29-26-23-20-17-14-11-8-3)69-64-59-54-49-44-39-34-31-28-25-22-19-16-13-10-7-2/h72-74H,6-71H2,1-5H3. The zero-order chi connectivity index (χ0) is 53.4. The quantitative estimate of drug-likeness (QED) is 0.0533. The highest BCUT2D eigenvalue weighted by atomic mass is 14.3. The molecule has 0 spiro atoms. The first-order valence-electron chi connectivity index (χ1n) is 36.7. The Morgan fingerprint density at radius 1 is 0.135 bits per heavy atom. The molecule has 0 heterocycles.